The zero-order chi connectivity index (χ0) is 21.3. The Hall–Kier alpha value is -3.35. The second-order valence-electron chi connectivity index (χ2n) is 7.71. The number of fused-ring (bicyclic) bond motifs is 1. The van der Waals surface area contributed by atoms with Gasteiger partial charge in [-0.05, 0) is 69.2 Å². The minimum atomic E-state index is -0.701. The highest BCUT2D eigenvalue weighted by molar-refractivity contribution is 6.07. The van der Waals surface area contributed by atoms with Gasteiger partial charge in [-0.25, -0.2) is 0 Å². The van der Waals surface area contributed by atoms with Gasteiger partial charge in [0, 0.05) is 30.0 Å². The number of anilines is 3. The predicted octanol–water partition coefficient (Wildman–Crippen LogP) is 3.24. The molecular formula is C23H25N3O4. The van der Waals surface area contributed by atoms with Crippen molar-refractivity contribution in [3.63, 3.8) is 0 Å². The van der Waals surface area contributed by atoms with Gasteiger partial charge in [0.15, 0.2) is 11.9 Å². The second-order valence-corrected chi connectivity index (χ2v) is 7.71. The summed E-state index contributed by atoms with van der Waals surface area (Å²) in [7, 11) is 0. The third-order valence-corrected chi connectivity index (χ3v) is 5.50. The van der Waals surface area contributed by atoms with Crippen molar-refractivity contribution < 1.29 is 19.1 Å². The normalized spacial score (nSPS) is 18.1. The second kappa shape index (κ2) is 8.18. The van der Waals surface area contributed by atoms with E-state index in [4.69, 9.17) is 4.74 Å². The van der Waals surface area contributed by atoms with Crippen molar-refractivity contribution in [3.05, 3.63) is 48.0 Å². The van der Waals surface area contributed by atoms with Gasteiger partial charge in [0.05, 0.1) is 5.69 Å². The Bertz CT molecular complexity index is 980. The Balaban J connectivity index is 1.49. The Morgan fingerprint density at radius 2 is 1.80 bits per heavy atom. The molecule has 0 radical (unpaired) electrons. The van der Waals surface area contributed by atoms with Crippen LogP contribution in [0.25, 0.3) is 0 Å². The molecule has 2 aliphatic heterocycles. The van der Waals surface area contributed by atoms with Crippen molar-refractivity contribution in [2.45, 2.75) is 32.8 Å². The van der Waals surface area contributed by atoms with Crippen LogP contribution >= 0.6 is 0 Å². The lowest BCUT2D eigenvalue weighted by Gasteiger charge is -2.32. The highest BCUT2D eigenvalue weighted by atomic mass is 16.5. The van der Waals surface area contributed by atoms with Crippen LogP contribution < -0.4 is 19.9 Å². The molecule has 2 aliphatic rings. The van der Waals surface area contributed by atoms with E-state index in [0.29, 0.717) is 22.7 Å². The van der Waals surface area contributed by atoms with Crippen LogP contribution in [0.2, 0.25) is 0 Å². The standard InChI is InChI=1S/C23H25N3O4/c1-15(27)17-5-10-21-20(13-17)26(23(29)16(2)30-21)14-22(28)24-18-6-8-19(9-7-18)25-11-3-4-12-25/h5-10,13,16H,3-4,11-12,14H2,1-2H3,(H,24,28). The van der Waals surface area contributed by atoms with Crippen LogP contribution in [-0.2, 0) is 9.59 Å². The fraction of sp³-hybridized carbons (Fsp3) is 0.348. The molecule has 156 valence electrons. The summed E-state index contributed by atoms with van der Waals surface area (Å²) in [6.45, 7) is 5.06. The van der Waals surface area contributed by atoms with E-state index in [1.54, 1.807) is 25.1 Å². The predicted molar refractivity (Wildman–Crippen MR) is 115 cm³/mol. The number of hydrogen-bond acceptors (Lipinski definition) is 5. The fourth-order valence-corrected chi connectivity index (χ4v) is 3.86. The van der Waals surface area contributed by atoms with Crippen LogP contribution in [0.1, 0.15) is 37.0 Å². The molecule has 0 bridgehead atoms. The molecule has 7 nitrogen and oxygen atoms in total. The van der Waals surface area contributed by atoms with E-state index in [1.807, 2.05) is 24.3 Å². The van der Waals surface area contributed by atoms with Crippen molar-refractivity contribution in [2.75, 3.05) is 34.8 Å². The maximum absolute atomic E-state index is 12.7. The summed E-state index contributed by atoms with van der Waals surface area (Å²) >= 11 is 0. The van der Waals surface area contributed by atoms with E-state index < -0.39 is 6.10 Å². The lowest BCUT2D eigenvalue weighted by Crippen LogP contribution is -2.47. The molecular weight excluding hydrogens is 382 g/mol. The Labute approximate surface area is 175 Å². The smallest absolute Gasteiger partial charge is 0.268 e. The lowest BCUT2D eigenvalue weighted by atomic mass is 10.1. The maximum Gasteiger partial charge on any atom is 0.268 e. The molecule has 0 spiro atoms. The van der Waals surface area contributed by atoms with Gasteiger partial charge in [-0.3, -0.25) is 19.3 Å². The average molecular weight is 407 g/mol. The largest absolute Gasteiger partial charge is 0.479 e. The molecule has 1 saturated heterocycles. The van der Waals surface area contributed by atoms with Crippen molar-refractivity contribution in [3.8, 4) is 5.75 Å². The van der Waals surface area contributed by atoms with Gasteiger partial charge in [-0.2, -0.15) is 0 Å². The first-order valence-electron chi connectivity index (χ1n) is 10.2. The molecule has 1 unspecified atom stereocenters. The number of carbonyl (C=O) groups excluding carboxylic acids is 3. The first kappa shape index (κ1) is 19.9. The van der Waals surface area contributed by atoms with Gasteiger partial charge in [0.2, 0.25) is 5.91 Å². The van der Waals surface area contributed by atoms with Gasteiger partial charge >= 0.3 is 0 Å². The van der Waals surface area contributed by atoms with Gasteiger partial charge in [0.1, 0.15) is 12.3 Å². The van der Waals surface area contributed by atoms with E-state index >= 15 is 0 Å². The number of ether oxygens (including phenoxy) is 1. The quantitative estimate of drug-likeness (QED) is 0.770. The van der Waals surface area contributed by atoms with Crippen LogP contribution in [0.5, 0.6) is 5.75 Å². The first-order chi connectivity index (χ1) is 14.4. The number of amides is 2. The summed E-state index contributed by atoms with van der Waals surface area (Å²) in [6.07, 6.45) is 1.71. The molecule has 7 heteroatoms. The number of ketones is 1. The van der Waals surface area contributed by atoms with Crippen molar-refractivity contribution in [1.82, 2.24) is 0 Å². The third kappa shape index (κ3) is 4.01. The van der Waals surface area contributed by atoms with Gasteiger partial charge in [0.25, 0.3) is 5.91 Å². The molecule has 0 aromatic heterocycles. The number of nitrogens with one attached hydrogen (secondary N) is 1. The summed E-state index contributed by atoms with van der Waals surface area (Å²) in [5, 5.41) is 2.85. The molecule has 4 rings (SSSR count). The van der Waals surface area contributed by atoms with Crippen LogP contribution in [0, 0.1) is 0 Å². The number of nitrogens with zero attached hydrogens (tertiary/aromatic N) is 2. The van der Waals surface area contributed by atoms with Gasteiger partial charge in [-0.15, -0.1) is 0 Å². The van der Waals surface area contributed by atoms with Crippen molar-refractivity contribution >= 4 is 34.7 Å². The van der Waals surface area contributed by atoms with E-state index in [1.165, 1.54) is 24.7 Å². The van der Waals surface area contributed by atoms with Gasteiger partial charge < -0.3 is 15.0 Å². The summed E-state index contributed by atoms with van der Waals surface area (Å²) < 4.78 is 5.63. The Morgan fingerprint density at radius 1 is 1.10 bits per heavy atom. The van der Waals surface area contributed by atoms with E-state index in [0.717, 1.165) is 18.8 Å². The molecule has 2 aromatic rings. The van der Waals surface area contributed by atoms with E-state index in [9.17, 15) is 14.4 Å². The zero-order valence-corrected chi connectivity index (χ0v) is 17.2. The van der Waals surface area contributed by atoms with E-state index in [2.05, 4.69) is 10.2 Å². The molecule has 1 fully saturated rings. The van der Waals surface area contributed by atoms with Crippen molar-refractivity contribution in [2.24, 2.45) is 0 Å². The highest BCUT2D eigenvalue weighted by Crippen LogP contribution is 2.35. The molecule has 1 N–H and O–H groups in total. The van der Waals surface area contributed by atoms with Crippen LogP contribution in [0.4, 0.5) is 17.1 Å². The van der Waals surface area contributed by atoms with Crippen LogP contribution in [0.3, 0.4) is 0 Å². The number of hydrogen-bond donors (Lipinski definition) is 1. The lowest BCUT2D eigenvalue weighted by molar-refractivity contribution is -0.127. The number of rotatable bonds is 5. The highest BCUT2D eigenvalue weighted by Gasteiger charge is 2.33. The topological polar surface area (TPSA) is 79.0 Å². The van der Waals surface area contributed by atoms with Gasteiger partial charge in [-0.1, -0.05) is 0 Å². The number of carbonyl (C=O) groups is 3. The minimum absolute atomic E-state index is 0.119. The number of benzene rings is 2. The zero-order valence-electron chi connectivity index (χ0n) is 17.2. The molecule has 0 aliphatic carbocycles. The molecule has 0 saturated carbocycles. The molecule has 2 aromatic carbocycles. The monoisotopic (exact) mass is 407 g/mol. The molecule has 1 atom stereocenters. The summed E-state index contributed by atoms with van der Waals surface area (Å²) in [5.41, 5.74) is 2.72. The Morgan fingerprint density at radius 3 is 2.47 bits per heavy atom. The Kier molecular flexibility index (Phi) is 5.44. The third-order valence-electron chi connectivity index (χ3n) is 5.50. The molecule has 2 heterocycles. The van der Waals surface area contributed by atoms with Crippen LogP contribution in [0.15, 0.2) is 42.5 Å². The minimum Gasteiger partial charge on any atom is -0.479 e. The van der Waals surface area contributed by atoms with Crippen molar-refractivity contribution in [1.29, 1.82) is 0 Å². The molecule has 30 heavy (non-hydrogen) atoms. The van der Waals surface area contributed by atoms with E-state index in [-0.39, 0.29) is 24.1 Å². The summed E-state index contributed by atoms with van der Waals surface area (Å²) in [6, 6.07) is 12.7. The summed E-state index contributed by atoms with van der Waals surface area (Å²) in [4.78, 5) is 40.8. The number of Topliss-reactive ketones (excluding diaryl/α,β-unsaturated/α-hetero) is 1. The molecule has 2 amide bonds. The fourth-order valence-electron chi connectivity index (χ4n) is 3.86. The van der Waals surface area contributed by atoms with Crippen LogP contribution in [-0.4, -0.2) is 43.3 Å². The SMILES string of the molecule is CC(=O)c1ccc2c(c1)N(CC(=O)Nc1ccc(N3CCCC3)cc1)C(=O)C(C)O2. The average Bonchev–Trinajstić information content (AvgIpc) is 3.26. The maximum atomic E-state index is 12.7. The summed E-state index contributed by atoms with van der Waals surface area (Å²) in [5.74, 6) is -0.269. The first-order valence-corrected chi connectivity index (χ1v) is 10.2.